The molecule has 0 aromatic carbocycles. The molecule has 1 N–H and O–H groups in total. The zero-order valence-corrected chi connectivity index (χ0v) is 12.4. The van der Waals surface area contributed by atoms with Crippen LogP contribution in [0.3, 0.4) is 0 Å². The van der Waals surface area contributed by atoms with Crippen molar-refractivity contribution in [2.45, 2.75) is 45.8 Å². The molecule has 0 amide bonds. The number of nitrogens with zero attached hydrogens (tertiary/aromatic N) is 2. The zero-order valence-electron chi connectivity index (χ0n) is 12.4. The summed E-state index contributed by atoms with van der Waals surface area (Å²) in [5.74, 6) is -1.42. The Bertz CT molecular complexity index is 281. The molecule has 120 valence electrons. The van der Waals surface area contributed by atoms with E-state index in [1.54, 1.807) is 6.92 Å². The third-order valence-electron chi connectivity index (χ3n) is 3.41. The van der Waals surface area contributed by atoms with Gasteiger partial charge in [0.05, 0.1) is 6.42 Å². The number of rotatable bonds is 10. The molecule has 4 nitrogen and oxygen atoms in total. The highest BCUT2D eigenvalue weighted by Gasteiger charge is 2.44. The van der Waals surface area contributed by atoms with Crippen LogP contribution >= 0.6 is 0 Å². The van der Waals surface area contributed by atoms with Crippen molar-refractivity contribution in [3.05, 3.63) is 0 Å². The second-order valence-corrected chi connectivity index (χ2v) is 4.66. The smallest absolute Gasteiger partial charge is 0.404 e. The minimum Gasteiger partial charge on any atom is -0.481 e. The molecule has 0 rings (SSSR count). The van der Waals surface area contributed by atoms with Crippen LogP contribution in [-0.4, -0.2) is 65.8 Å². The molecule has 0 fully saturated rings. The molecule has 0 heterocycles. The molecule has 0 aliphatic heterocycles. The highest BCUT2D eigenvalue weighted by atomic mass is 19.4. The zero-order chi connectivity index (χ0) is 15.8. The van der Waals surface area contributed by atoms with Crippen LogP contribution in [0, 0.1) is 0 Å². The molecular weight excluding hydrogens is 273 g/mol. The third-order valence-corrected chi connectivity index (χ3v) is 3.41. The van der Waals surface area contributed by atoms with E-state index in [1.165, 1.54) is 4.90 Å². The molecule has 1 atom stereocenters. The number of carboxylic acids is 1. The number of carbonyl (C=O) groups is 1. The summed E-state index contributed by atoms with van der Waals surface area (Å²) in [5, 5.41) is 8.65. The van der Waals surface area contributed by atoms with Crippen molar-refractivity contribution in [1.29, 1.82) is 0 Å². The van der Waals surface area contributed by atoms with Gasteiger partial charge in [0.15, 0.2) is 0 Å². The lowest BCUT2D eigenvalue weighted by Gasteiger charge is -2.31. The highest BCUT2D eigenvalue weighted by molar-refractivity contribution is 5.67. The molecule has 0 bridgehead atoms. The molecule has 0 spiro atoms. The first-order valence-electron chi connectivity index (χ1n) is 7.01. The van der Waals surface area contributed by atoms with E-state index in [0.717, 1.165) is 19.6 Å². The Kier molecular flexibility index (Phi) is 8.80. The summed E-state index contributed by atoms with van der Waals surface area (Å²) in [6.45, 7) is 8.52. The first-order valence-corrected chi connectivity index (χ1v) is 7.01. The van der Waals surface area contributed by atoms with Gasteiger partial charge in [-0.05, 0) is 39.1 Å². The maximum atomic E-state index is 12.9. The second kappa shape index (κ2) is 9.18. The topological polar surface area (TPSA) is 43.8 Å². The van der Waals surface area contributed by atoms with E-state index < -0.39 is 24.6 Å². The quantitative estimate of drug-likeness (QED) is 0.673. The van der Waals surface area contributed by atoms with Gasteiger partial charge in [-0.15, -0.1) is 0 Å². The molecule has 0 saturated carbocycles. The largest absolute Gasteiger partial charge is 0.481 e. The number of hydrogen-bond acceptors (Lipinski definition) is 3. The van der Waals surface area contributed by atoms with Gasteiger partial charge in [-0.3, -0.25) is 9.69 Å². The lowest BCUT2D eigenvalue weighted by Crippen LogP contribution is -2.47. The molecule has 20 heavy (non-hydrogen) atoms. The van der Waals surface area contributed by atoms with E-state index in [0.29, 0.717) is 6.42 Å². The van der Waals surface area contributed by atoms with Crippen molar-refractivity contribution in [2.75, 3.05) is 32.7 Å². The summed E-state index contributed by atoms with van der Waals surface area (Å²) in [5.41, 5.74) is 0. The van der Waals surface area contributed by atoms with Crippen molar-refractivity contribution < 1.29 is 23.1 Å². The van der Waals surface area contributed by atoms with Crippen LogP contribution in [-0.2, 0) is 4.79 Å². The van der Waals surface area contributed by atoms with Gasteiger partial charge in [0.25, 0.3) is 0 Å². The fraction of sp³-hybridized carbons (Fsp3) is 0.923. The Morgan fingerprint density at radius 3 is 2.00 bits per heavy atom. The van der Waals surface area contributed by atoms with E-state index in [4.69, 9.17) is 5.11 Å². The first-order chi connectivity index (χ1) is 9.26. The minimum absolute atomic E-state index is 0.190. The van der Waals surface area contributed by atoms with Crippen LogP contribution in [0.25, 0.3) is 0 Å². The Morgan fingerprint density at radius 2 is 1.65 bits per heavy atom. The maximum absolute atomic E-state index is 12.9. The average molecular weight is 298 g/mol. The Morgan fingerprint density at radius 1 is 1.10 bits per heavy atom. The molecule has 0 aliphatic rings. The van der Waals surface area contributed by atoms with Crippen molar-refractivity contribution in [1.82, 2.24) is 9.80 Å². The van der Waals surface area contributed by atoms with Crippen LogP contribution < -0.4 is 0 Å². The van der Waals surface area contributed by atoms with E-state index >= 15 is 0 Å². The predicted octanol–water partition coefficient (Wildman–Crippen LogP) is 2.45. The Labute approximate surface area is 118 Å². The van der Waals surface area contributed by atoms with E-state index in [9.17, 15) is 18.0 Å². The van der Waals surface area contributed by atoms with Gasteiger partial charge in [0, 0.05) is 0 Å². The molecule has 0 aliphatic carbocycles. The normalized spacial score (nSPS) is 14.0. The van der Waals surface area contributed by atoms with E-state index in [1.807, 2.05) is 13.8 Å². The van der Waals surface area contributed by atoms with Crippen molar-refractivity contribution in [3.8, 4) is 0 Å². The first kappa shape index (κ1) is 19.2. The fourth-order valence-corrected chi connectivity index (χ4v) is 2.19. The number of carboxylic acid groups (broad SMARTS) is 1. The van der Waals surface area contributed by atoms with Crippen LogP contribution in [0.4, 0.5) is 13.2 Å². The standard InChI is InChI=1S/C13H25F3N2O2/c1-4-17(5-2)8-7-9-18(6-3)11(10-12(19)20)13(14,15)16/h11H,4-10H2,1-3H3,(H,19,20). The number of hydrogen-bond donors (Lipinski definition) is 1. The monoisotopic (exact) mass is 298 g/mol. The van der Waals surface area contributed by atoms with Crippen LogP contribution in [0.5, 0.6) is 0 Å². The van der Waals surface area contributed by atoms with Crippen molar-refractivity contribution in [3.63, 3.8) is 0 Å². The lowest BCUT2D eigenvalue weighted by molar-refractivity contribution is -0.190. The summed E-state index contributed by atoms with van der Waals surface area (Å²) < 4.78 is 38.8. The molecular formula is C13H25F3N2O2. The van der Waals surface area contributed by atoms with Gasteiger partial charge >= 0.3 is 12.1 Å². The van der Waals surface area contributed by atoms with E-state index in [-0.39, 0.29) is 13.1 Å². The Balaban J connectivity index is 4.55. The van der Waals surface area contributed by atoms with Crippen molar-refractivity contribution >= 4 is 5.97 Å². The molecule has 0 aromatic heterocycles. The summed E-state index contributed by atoms with van der Waals surface area (Å²) in [6, 6.07) is -1.90. The van der Waals surface area contributed by atoms with Gasteiger partial charge in [-0.2, -0.15) is 13.2 Å². The maximum Gasteiger partial charge on any atom is 0.404 e. The summed E-state index contributed by atoms with van der Waals surface area (Å²) in [6.07, 6.45) is -4.81. The molecule has 0 saturated heterocycles. The van der Waals surface area contributed by atoms with E-state index in [2.05, 4.69) is 4.90 Å². The SMILES string of the molecule is CCN(CC)CCCN(CC)C(CC(=O)O)C(F)(F)F. The van der Waals surface area contributed by atoms with Crippen LogP contribution in [0.15, 0.2) is 0 Å². The number of alkyl halides is 3. The second-order valence-electron chi connectivity index (χ2n) is 4.66. The van der Waals surface area contributed by atoms with Crippen LogP contribution in [0.2, 0.25) is 0 Å². The van der Waals surface area contributed by atoms with Gasteiger partial charge in [0.2, 0.25) is 0 Å². The van der Waals surface area contributed by atoms with Crippen molar-refractivity contribution in [2.24, 2.45) is 0 Å². The predicted molar refractivity (Wildman–Crippen MR) is 71.7 cm³/mol. The average Bonchev–Trinajstić information content (AvgIpc) is 2.36. The molecule has 0 radical (unpaired) electrons. The Hall–Kier alpha value is -0.820. The summed E-state index contributed by atoms with van der Waals surface area (Å²) in [4.78, 5) is 14.0. The van der Waals surface area contributed by atoms with Crippen LogP contribution in [0.1, 0.15) is 33.6 Å². The third kappa shape index (κ3) is 7.09. The van der Waals surface area contributed by atoms with Gasteiger partial charge in [-0.25, -0.2) is 0 Å². The molecule has 1 unspecified atom stereocenters. The van der Waals surface area contributed by atoms with Gasteiger partial charge < -0.3 is 10.0 Å². The summed E-state index contributed by atoms with van der Waals surface area (Å²) in [7, 11) is 0. The highest BCUT2D eigenvalue weighted by Crippen LogP contribution is 2.27. The van der Waals surface area contributed by atoms with Gasteiger partial charge in [-0.1, -0.05) is 20.8 Å². The molecule has 0 aromatic rings. The lowest BCUT2D eigenvalue weighted by atomic mass is 10.1. The van der Waals surface area contributed by atoms with Gasteiger partial charge in [0.1, 0.15) is 6.04 Å². The summed E-state index contributed by atoms with van der Waals surface area (Å²) >= 11 is 0. The number of aliphatic carboxylic acids is 1. The number of halogens is 3. The molecule has 7 heteroatoms. The fourth-order valence-electron chi connectivity index (χ4n) is 2.19. The minimum atomic E-state index is -4.51.